The van der Waals surface area contributed by atoms with Crippen LogP contribution in [-0.4, -0.2) is 25.0 Å². The Hall–Kier alpha value is -1.84. The van der Waals surface area contributed by atoms with Crippen molar-refractivity contribution in [2.24, 2.45) is 5.92 Å². The fourth-order valence-corrected chi connectivity index (χ4v) is 2.66. The fourth-order valence-electron chi connectivity index (χ4n) is 2.66. The van der Waals surface area contributed by atoms with Crippen molar-refractivity contribution in [1.82, 2.24) is 5.32 Å². The highest BCUT2D eigenvalue weighted by Gasteiger charge is 2.23. The Balaban J connectivity index is 2.00. The molecule has 1 fully saturated rings. The zero-order chi connectivity index (χ0) is 14.5. The molecule has 0 aliphatic heterocycles. The van der Waals surface area contributed by atoms with Crippen molar-refractivity contribution in [2.45, 2.75) is 38.6 Å². The van der Waals surface area contributed by atoms with Gasteiger partial charge in [0.05, 0.1) is 12.7 Å². The largest absolute Gasteiger partial charge is 0.465 e. The number of rotatable bonds is 3. The van der Waals surface area contributed by atoms with E-state index in [0.717, 1.165) is 6.42 Å². The molecule has 1 aliphatic carbocycles. The Bertz CT molecular complexity index is 481. The van der Waals surface area contributed by atoms with Crippen LogP contribution in [0, 0.1) is 5.92 Å². The zero-order valence-corrected chi connectivity index (χ0v) is 12.0. The van der Waals surface area contributed by atoms with Gasteiger partial charge in [-0.05, 0) is 43.0 Å². The number of methoxy groups -OCH3 is 1. The highest BCUT2D eigenvalue weighted by atomic mass is 16.5. The van der Waals surface area contributed by atoms with Crippen molar-refractivity contribution < 1.29 is 14.3 Å². The Kier molecular flexibility index (Phi) is 4.77. The first-order valence-electron chi connectivity index (χ1n) is 7.11. The van der Waals surface area contributed by atoms with Gasteiger partial charge in [-0.15, -0.1) is 0 Å². The maximum Gasteiger partial charge on any atom is 0.337 e. The lowest BCUT2D eigenvalue weighted by Gasteiger charge is -2.29. The minimum absolute atomic E-state index is 0.0693. The monoisotopic (exact) mass is 275 g/mol. The molecule has 1 aromatic carbocycles. The minimum Gasteiger partial charge on any atom is -0.465 e. The second kappa shape index (κ2) is 6.55. The van der Waals surface area contributed by atoms with E-state index in [0.29, 0.717) is 17.0 Å². The predicted molar refractivity (Wildman–Crippen MR) is 76.7 cm³/mol. The van der Waals surface area contributed by atoms with E-state index in [9.17, 15) is 9.59 Å². The third kappa shape index (κ3) is 3.38. The van der Waals surface area contributed by atoms with Crippen LogP contribution >= 0.6 is 0 Å². The van der Waals surface area contributed by atoms with E-state index in [1.807, 2.05) is 0 Å². The summed E-state index contributed by atoms with van der Waals surface area (Å²) < 4.78 is 4.63. The molecule has 0 saturated heterocycles. The van der Waals surface area contributed by atoms with E-state index in [1.54, 1.807) is 24.3 Å². The number of carbonyl (C=O) groups excluding carboxylic acids is 2. The Morgan fingerprint density at radius 3 is 2.30 bits per heavy atom. The normalized spacial score (nSPS) is 22.1. The number of ether oxygens (including phenoxy) is 1. The highest BCUT2D eigenvalue weighted by Crippen LogP contribution is 2.24. The van der Waals surface area contributed by atoms with E-state index in [1.165, 1.54) is 26.4 Å². The molecule has 108 valence electrons. The third-order valence-corrected chi connectivity index (χ3v) is 4.00. The van der Waals surface area contributed by atoms with Crippen LogP contribution in [0.4, 0.5) is 0 Å². The molecule has 1 N–H and O–H groups in total. The molecule has 2 atom stereocenters. The standard InChI is InChI=1S/C16H21NO3/c1-11-5-3-4-6-14(11)17-15(18)12-7-9-13(10-8-12)16(19)20-2/h7-11,14H,3-6H2,1-2H3,(H,17,18)/t11-,14+/m0/s1. The van der Waals surface area contributed by atoms with Gasteiger partial charge in [0.25, 0.3) is 5.91 Å². The van der Waals surface area contributed by atoms with Crippen LogP contribution in [0.3, 0.4) is 0 Å². The Morgan fingerprint density at radius 1 is 1.10 bits per heavy atom. The second-order valence-corrected chi connectivity index (χ2v) is 5.41. The van der Waals surface area contributed by atoms with E-state index >= 15 is 0 Å². The molecule has 20 heavy (non-hydrogen) atoms. The molecule has 0 radical (unpaired) electrons. The van der Waals surface area contributed by atoms with Gasteiger partial charge in [0.1, 0.15) is 0 Å². The van der Waals surface area contributed by atoms with Gasteiger partial charge in [0, 0.05) is 11.6 Å². The topological polar surface area (TPSA) is 55.4 Å². The second-order valence-electron chi connectivity index (χ2n) is 5.41. The van der Waals surface area contributed by atoms with Crippen molar-refractivity contribution in [2.75, 3.05) is 7.11 Å². The smallest absolute Gasteiger partial charge is 0.337 e. The first kappa shape index (κ1) is 14.6. The lowest BCUT2D eigenvalue weighted by molar-refractivity contribution is 0.0600. The number of hydrogen-bond donors (Lipinski definition) is 1. The number of benzene rings is 1. The molecule has 0 heterocycles. The van der Waals surface area contributed by atoms with Gasteiger partial charge in [-0.1, -0.05) is 19.8 Å². The average Bonchev–Trinajstić information content (AvgIpc) is 2.49. The maximum absolute atomic E-state index is 12.2. The average molecular weight is 275 g/mol. The van der Waals surface area contributed by atoms with E-state index in [-0.39, 0.29) is 11.9 Å². The number of esters is 1. The molecule has 0 unspecified atom stereocenters. The lowest BCUT2D eigenvalue weighted by atomic mass is 9.86. The van der Waals surface area contributed by atoms with Gasteiger partial charge in [0.2, 0.25) is 0 Å². The Morgan fingerprint density at radius 2 is 1.70 bits per heavy atom. The number of carbonyl (C=O) groups is 2. The maximum atomic E-state index is 12.2. The van der Waals surface area contributed by atoms with Gasteiger partial charge in [-0.25, -0.2) is 4.79 Å². The molecule has 0 spiro atoms. The molecule has 1 amide bonds. The summed E-state index contributed by atoms with van der Waals surface area (Å²) in [5.41, 5.74) is 1.03. The summed E-state index contributed by atoms with van der Waals surface area (Å²) in [4.78, 5) is 23.5. The molecule has 1 aliphatic rings. The van der Waals surface area contributed by atoms with Gasteiger partial charge in [-0.3, -0.25) is 4.79 Å². The van der Waals surface area contributed by atoms with E-state index < -0.39 is 5.97 Å². The molecular formula is C16H21NO3. The molecule has 2 rings (SSSR count). The fraction of sp³-hybridized carbons (Fsp3) is 0.500. The van der Waals surface area contributed by atoms with Crippen LogP contribution in [0.15, 0.2) is 24.3 Å². The first-order chi connectivity index (χ1) is 9.61. The summed E-state index contributed by atoms with van der Waals surface area (Å²) in [6, 6.07) is 6.82. The molecule has 0 aromatic heterocycles. The molecule has 1 aromatic rings. The summed E-state index contributed by atoms with van der Waals surface area (Å²) in [5, 5.41) is 3.09. The van der Waals surface area contributed by atoms with E-state index in [2.05, 4.69) is 17.0 Å². The number of hydrogen-bond acceptors (Lipinski definition) is 3. The predicted octanol–water partition coefficient (Wildman–Crippen LogP) is 2.78. The quantitative estimate of drug-likeness (QED) is 0.863. The SMILES string of the molecule is COC(=O)c1ccc(C(=O)N[C@@H]2CCCC[C@@H]2C)cc1. The first-order valence-corrected chi connectivity index (χ1v) is 7.11. The van der Waals surface area contributed by atoms with Crippen molar-refractivity contribution in [3.8, 4) is 0 Å². The van der Waals surface area contributed by atoms with Gasteiger partial charge in [-0.2, -0.15) is 0 Å². The Labute approximate surface area is 119 Å². The lowest BCUT2D eigenvalue weighted by Crippen LogP contribution is -2.41. The minimum atomic E-state index is -0.391. The molecule has 1 saturated carbocycles. The van der Waals surface area contributed by atoms with Crippen LogP contribution in [-0.2, 0) is 4.74 Å². The van der Waals surface area contributed by atoms with Crippen molar-refractivity contribution >= 4 is 11.9 Å². The number of nitrogens with one attached hydrogen (secondary N) is 1. The molecule has 4 nitrogen and oxygen atoms in total. The van der Waals surface area contributed by atoms with Crippen LogP contribution in [0.5, 0.6) is 0 Å². The molecule has 0 bridgehead atoms. The van der Waals surface area contributed by atoms with Crippen molar-refractivity contribution in [1.29, 1.82) is 0 Å². The van der Waals surface area contributed by atoms with Gasteiger partial charge < -0.3 is 10.1 Å². The summed E-state index contributed by atoms with van der Waals surface area (Å²) in [6.45, 7) is 2.18. The molecular weight excluding hydrogens is 254 g/mol. The van der Waals surface area contributed by atoms with Crippen molar-refractivity contribution in [3.05, 3.63) is 35.4 Å². The van der Waals surface area contributed by atoms with Crippen molar-refractivity contribution in [3.63, 3.8) is 0 Å². The summed E-state index contributed by atoms with van der Waals surface area (Å²) in [7, 11) is 1.34. The third-order valence-electron chi connectivity index (χ3n) is 4.00. The summed E-state index contributed by atoms with van der Waals surface area (Å²) >= 11 is 0. The summed E-state index contributed by atoms with van der Waals surface area (Å²) in [6.07, 6.45) is 4.65. The van der Waals surface area contributed by atoms with Crippen LogP contribution in [0.2, 0.25) is 0 Å². The summed E-state index contributed by atoms with van der Waals surface area (Å²) in [5.74, 6) is 0.0695. The molecule has 4 heteroatoms. The van der Waals surface area contributed by atoms with Crippen LogP contribution in [0.1, 0.15) is 53.3 Å². The van der Waals surface area contributed by atoms with Gasteiger partial charge in [0.15, 0.2) is 0 Å². The van der Waals surface area contributed by atoms with E-state index in [4.69, 9.17) is 0 Å². The zero-order valence-electron chi connectivity index (χ0n) is 12.0. The van der Waals surface area contributed by atoms with Crippen LogP contribution < -0.4 is 5.32 Å². The van der Waals surface area contributed by atoms with Crippen LogP contribution in [0.25, 0.3) is 0 Å². The van der Waals surface area contributed by atoms with Gasteiger partial charge >= 0.3 is 5.97 Å². The highest BCUT2D eigenvalue weighted by molar-refractivity contribution is 5.96. The number of amides is 1.